The summed E-state index contributed by atoms with van der Waals surface area (Å²) in [5.74, 6) is -0.0101. The molecule has 0 bridgehead atoms. The van der Waals surface area contributed by atoms with Gasteiger partial charge in [-0.05, 0) is 38.9 Å². The zero-order chi connectivity index (χ0) is 16.2. The Hall–Kier alpha value is -2.15. The Bertz CT molecular complexity index is 559. The third-order valence-corrected chi connectivity index (χ3v) is 3.32. The summed E-state index contributed by atoms with van der Waals surface area (Å²) in [6.45, 7) is 7.50. The summed E-state index contributed by atoms with van der Waals surface area (Å²) in [7, 11) is 0. The lowest BCUT2D eigenvalue weighted by atomic mass is 10.0. The van der Waals surface area contributed by atoms with Crippen LogP contribution in [-0.4, -0.2) is 29.5 Å². The highest BCUT2D eigenvalue weighted by atomic mass is 16.6. The summed E-state index contributed by atoms with van der Waals surface area (Å²) < 4.78 is 5.65. The van der Waals surface area contributed by atoms with Gasteiger partial charge in [0.05, 0.1) is 4.92 Å². The Morgan fingerprint density at radius 2 is 2.05 bits per heavy atom. The highest BCUT2D eigenvalue weighted by molar-refractivity contribution is 5.84. The minimum atomic E-state index is -0.989. The molecule has 0 spiro atoms. The highest BCUT2D eigenvalue weighted by Crippen LogP contribution is 2.28. The Labute approximate surface area is 123 Å². The normalized spacial score (nSPS) is 13.5. The summed E-state index contributed by atoms with van der Waals surface area (Å²) in [5.41, 5.74) is 5.58. The second-order valence-electron chi connectivity index (χ2n) is 5.18. The molecular formula is C14H21N3O4. The first-order valence-corrected chi connectivity index (χ1v) is 6.64. The summed E-state index contributed by atoms with van der Waals surface area (Å²) in [6, 6.07) is 3.06. The number of hydrogen-bond acceptors (Lipinski definition) is 5. The summed E-state index contributed by atoms with van der Waals surface area (Å²) in [5, 5.41) is 13.9. The maximum atomic E-state index is 11.5. The highest BCUT2D eigenvalue weighted by Gasteiger charge is 2.31. The molecule has 0 fully saturated rings. The number of carbonyl (C=O) groups excluding carboxylic acids is 1. The van der Waals surface area contributed by atoms with Gasteiger partial charge >= 0.3 is 0 Å². The summed E-state index contributed by atoms with van der Waals surface area (Å²) in [6.07, 6.45) is 0. The molecule has 0 saturated carbocycles. The number of nitrogens with one attached hydrogen (secondary N) is 1. The number of aryl methyl sites for hydroxylation is 2. The van der Waals surface area contributed by atoms with Crippen molar-refractivity contribution in [1.29, 1.82) is 0 Å². The van der Waals surface area contributed by atoms with Gasteiger partial charge < -0.3 is 15.8 Å². The molecule has 0 saturated heterocycles. The van der Waals surface area contributed by atoms with Crippen molar-refractivity contribution >= 4 is 11.6 Å². The van der Waals surface area contributed by atoms with Crippen LogP contribution in [0.1, 0.15) is 25.0 Å². The van der Waals surface area contributed by atoms with Crippen LogP contribution in [-0.2, 0) is 4.79 Å². The quantitative estimate of drug-likeness (QED) is 0.584. The van der Waals surface area contributed by atoms with E-state index in [9.17, 15) is 14.9 Å². The number of primary amides is 1. The Balaban J connectivity index is 2.96. The molecule has 0 aromatic heterocycles. The Morgan fingerprint density at radius 1 is 1.43 bits per heavy atom. The first-order chi connectivity index (χ1) is 9.71. The fourth-order valence-corrected chi connectivity index (χ4v) is 1.95. The predicted octanol–water partition coefficient (Wildman–Crippen LogP) is 1.44. The van der Waals surface area contributed by atoms with E-state index in [1.165, 1.54) is 6.07 Å². The van der Waals surface area contributed by atoms with Crippen LogP contribution in [0.2, 0.25) is 0 Å². The van der Waals surface area contributed by atoms with Gasteiger partial charge in [0.1, 0.15) is 17.9 Å². The monoisotopic (exact) mass is 295 g/mol. The van der Waals surface area contributed by atoms with Crippen LogP contribution in [0.25, 0.3) is 0 Å². The van der Waals surface area contributed by atoms with Crippen LogP contribution in [0.5, 0.6) is 5.75 Å². The van der Waals surface area contributed by atoms with Crippen molar-refractivity contribution in [2.24, 2.45) is 5.73 Å². The molecule has 0 aliphatic rings. The van der Waals surface area contributed by atoms with Crippen molar-refractivity contribution in [2.75, 3.05) is 13.2 Å². The van der Waals surface area contributed by atoms with E-state index in [-0.39, 0.29) is 12.3 Å². The maximum Gasteiger partial charge on any atom is 0.272 e. The second-order valence-corrected chi connectivity index (χ2v) is 5.18. The third-order valence-electron chi connectivity index (χ3n) is 3.32. The molecule has 21 heavy (non-hydrogen) atoms. The maximum absolute atomic E-state index is 11.5. The zero-order valence-electron chi connectivity index (χ0n) is 12.7. The molecular weight excluding hydrogens is 274 g/mol. The number of amides is 1. The van der Waals surface area contributed by atoms with Gasteiger partial charge in [-0.1, -0.05) is 6.92 Å². The second kappa shape index (κ2) is 6.53. The SMILES string of the molecule is CCNC(C)(COc1cc(C)c([N+](=O)[O-])cc1C)C(N)=O. The number of ether oxygens (including phenoxy) is 1. The van der Waals surface area contributed by atoms with Crippen LogP contribution >= 0.6 is 0 Å². The molecule has 0 aliphatic heterocycles. The smallest absolute Gasteiger partial charge is 0.272 e. The van der Waals surface area contributed by atoms with E-state index < -0.39 is 16.4 Å². The number of hydrogen-bond donors (Lipinski definition) is 2. The van der Waals surface area contributed by atoms with Gasteiger partial charge in [-0.15, -0.1) is 0 Å². The summed E-state index contributed by atoms with van der Waals surface area (Å²) >= 11 is 0. The van der Waals surface area contributed by atoms with E-state index in [1.807, 2.05) is 6.92 Å². The average molecular weight is 295 g/mol. The molecule has 3 N–H and O–H groups in total. The molecule has 7 heteroatoms. The molecule has 0 heterocycles. The van der Waals surface area contributed by atoms with Crippen LogP contribution in [0, 0.1) is 24.0 Å². The summed E-state index contributed by atoms with van der Waals surface area (Å²) in [4.78, 5) is 22.0. The van der Waals surface area contributed by atoms with Crippen LogP contribution in [0.3, 0.4) is 0 Å². The van der Waals surface area contributed by atoms with Gasteiger partial charge in [0, 0.05) is 11.6 Å². The fourth-order valence-electron chi connectivity index (χ4n) is 1.95. The lowest BCUT2D eigenvalue weighted by Crippen LogP contribution is -2.57. The van der Waals surface area contributed by atoms with Gasteiger partial charge in [-0.3, -0.25) is 14.9 Å². The first kappa shape index (κ1) is 16.9. The first-order valence-electron chi connectivity index (χ1n) is 6.64. The molecule has 7 nitrogen and oxygen atoms in total. The minimum absolute atomic E-state index is 0.0456. The number of likely N-dealkylation sites (N-methyl/N-ethyl adjacent to an activating group) is 1. The number of nitro groups is 1. The van der Waals surface area contributed by atoms with Gasteiger partial charge in [-0.25, -0.2) is 0 Å². The van der Waals surface area contributed by atoms with E-state index in [1.54, 1.807) is 26.8 Å². The van der Waals surface area contributed by atoms with Crippen LogP contribution in [0.15, 0.2) is 12.1 Å². The molecule has 1 unspecified atom stereocenters. The van der Waals surface area contributed by atoms with Crippen molar-refractivity contribution in [3.8, 4) is 5.75 Å². The molecule has 1 amide bonds. The lowest BCUT2D eigenvalue weighted by Gasteiger charge is -2.27. The van der Waals surface area contributed by atoms with Crippen molar-refractivity contribution in [3.63, 3.8) is 0 Å². The average Bonchev–Trinajstić information content (AvgIpc) is 2.39. The van der Waals surface area contributed by atoms with E-state index in [0.717, 1.165) is 0 Å². The number of nitro benzene ring substituents is 1. The zero-order valence-corrected chi connectivity index (χ0v) is 12.7. The number of benzene rings is 1. The van der Waals surface area contributed by atoms with Crippen molar-refractivity contribution in [3.05, 3.63) is 33.4 Å². The van der Waals surface area contributed by atoms with E-state index in [4.69, 9.17) is 10.5 Å². The molecule has 1 aromatic carbocycles. The largest absolute Gasteiger partial charge is 0.491 e. The Kier molecular flexibility index (Phi) is 5.26. The number of nitrogens with zero attached hydrogens (tertiary/aromatic N) is 1. The van der Waals surface area contributed by atoms with Gasteiger partial charge in [0.2, 0.25) is 5.91 Å². The van der Waals surface area contributed by atoms with Crippen molar-refractivity contribution in [2.45, 2.75) is 33.2 Å². The van der Waals surface area contributed by atoms with Crippen molar-refractivity contribution in [1.82, 2.24) is 5.32 Å². The Morgan fingerprint density at radius 3 is 2.52 bits per heavy atom. The van der Waals surface area contributed by atoms with E-state index >= 15 is 0 Å². The molecule has 1 aromatic rings. The minimum Gasteiger partial charge on any atom is -0.491 e. The predicted molar refractivity (Wildman–Crippen MR) is 79.3 cm³/mol. The topological polar surface area (TPSA) is 107 Å². The van der Waals surface area contributed by atoms with Crippen molar-refractivity contribution < 1.29 is 14.5 Å². The number of rotatable bonds is 7. The third kappa shape index (κ3) is 3.91. The number of nitrogens with two attached hydrogens (primary N) is 1. The van der Waals surface area contributed by atoms with Gasteiger partial charge in [0.15, 0.2) is 0 Å². The fraction of sp³-hybridized carbons (Fsp3) is 0.500. The van der Waals surface area contributed by atoms with Gasteiger partial charge in [0.25, 0.3) is 5.69 Å². The van der Waals surface area contributed by atoms with E-state index in [2.05, 4.69) is 5.32 Å². The van der Waals surface area contributed by atoms with Crippen LogP contribution in [0.4, 0.5) is 5.69 Å². The molecule has 0 radical (unpaired) electrons. The molecule has 0 aliphatic carbocycles. The number of carbonyl (C=O) groups is 1. The standard InChI is InChI=1S/C14H21N3O4/c1-5-16-14(4,13(15)18)8-21-12-7-9(2)11(17(19)20)6-10(12)3/h6-7,16H,5,8H2,1-4H3,(H2,15,18). The molecule has 1 atom stereocenters. The van der Waals surface area contributed by atoms with Gasteiger partial charge in [-0.2, -0.15) is 0 Å². The lowest BCUT2D eigenvalue weighted by molar-refractivity contribution is -0.385. The molecule has 1 rings (SSSR count). The van der Waals surface area contributed by atoms with Crippen LogP contribution < -0.4 is 15.8 Å². The molecule has 116 valence electrons. The van der Waals surface area contributed by atoms with E-state index in [0.29, 0.717) is 23.4 Å².